The first-order valence-electron chi connectivity index (χ1n) is 23.8. The van der Waals surface area contributed by atoms with E-state index in [0.29, 0.717) is 11.7 Å². The average molecular weight is 898 g/mol. The summed E-state index contributed by atoms with van der Waals surface area (Å²) in [6, 6.07) is 87.1. The van der Waals surface area contributed by atoms with Crippen molar-refractivity contribution >= 4 is 55.2 Å². The first kappa shape index (κ1) is 42.2. The number of aliphatic imine (C=N–C) groups is 2. The van der Waals surface area contributed by atoms with E-state index < -0.39 is 0 Å². The van der Waals surface area contributed by atoms with Crippen LogP contribution in [-0.2, 0) is 0 Å². The predicted octanol–water partition coefficient (Wildman–Crippen LogP) is 17.1. The number of rotatable bonds is 9. The Labute approximate surface area is 407 Å². The number of benzene rings is 11. The highest BCUT2D eigenvalue weighted by atomic mass is 16.3. The molecule has 70 heavy (non-hydrogen) atoms. The molecule has 0 saturated heterocycles. The molecule has 0 aliphatic heterocycles. The van der Waals surface area contributed by atoms with E-state index in [1.807, 2.05) is 36.4 Å². The molecule has 0 aliphatic rings. The third-order valence-electron chi connectivity index (χ3n) is 13.5. The molecule has 0 spiro atoms. The monoisotopic (exact) mass is 897 g/mol. The standard InChI is InChI=1S/C66H47N3O/c1-43(68-66(49-38-34-47(35-39-49)45-18-6-3-7-19-45)69-65(67)48-36-32-46(33-37-48)44-16-4-2-5-17-44)50-20-12-21-51(40-50)52-22-13-23-53(41-52)54-24-14-25-55(42-54)56-30-15-31-61-62-59-28-10-8-26-57(59)58-27-9-11-29-60(58)64(62)70-63(56)61/h2-43H,1H3,(H2,67,68,69). The summed E-state index contributed by atoms with van der Waals surface area (Å²) in [5, 5.41) is 7.05. The van der Waals surface area contributed by atoms with Crippen molar-refractivity contribution in [2.45, 2.75) is 13.0 Å². The Morgan fingerprint density at radius 2 is 0.814 bits per heavy atom. The molecule has 0 amide bonds. The molecule has 1 aromatic heterocycles. The van der Waals surface area contributed by atoms with Gasteiger partial charge in [0.2, 0.25) is 0 Å². The van der Waals surface area contributed by atoms with Crippen LogP contribution in [0.15, 0.2) is 263 Å². The minimum absolute atomic E-state index is 0.224. The van der Waals surface area contributed by atoms with Gasteiger partial charge in [0.1, 0.15) is 17.0 Å². The van der Waals surface area contributed by atoms with Crippen molar-refractivity contribution in [3.05, 3.63) is 265 Å². The Balaban J connectivity index is 0.868. The van der Waals surface area contributed by atoms with Crippen molar-refractivity contribution < 1.29 is 4.42 Å². The molecule has 0 aliphatic carbocycles. The lowest BCUT2D eigenvalue weighted by molar-refractivity contribution is 0.674. The zero-order valence-electron chi connectivity index (χ0n) is 38.6. The van der Waals surface area contributed by atoms with Crippen molar-refractivity contribution in [3.8, 4) is 55.6 Å². The predicted molar refractivity (Wildman–Crippen MR) is 294 cm³/mol. The zero-order chi connectivity index (χ0) is 47.0. The van der Waals surface area contributed by atoms with Crippen LogP contribution in [0.2, 0.25) is 0 Å². The van der Waals surface area contributed by atoms with Gasteiger partial charge in [-0.05, 0) is 96.9 Å². The topological polar surface area (TPSA) is 63.9 Å². The van der Waals surface area contributed by atoms with Crippen LogP contribution in [0.25, 0.3) is 99.1 Å². The second kappa shape index (κ2) is 18.2. The zero-order valence-corrected chi connectivity index (χ0v) is 38.6. The van der Waals surface area contributed by atoms with Crippen LogP contribution in [0.3, 0.4) is 0 Å². The molecular weight excluding hydrogens is 851 g/mol. The SMILES string of the molecule is CC(N=C(N=C(N)c1ccc(-c2ccccc2)cc1)c1ccc(-c2ccccc2)cc1)c1cccc(-c2cccc(-c3cccc(-c4cccc5c4oc4c6ccccc6c6ccccc6c54)c3)c2)c1. The lowest BCUT2D eigenvalue weighted by Gasteiger charge is -2.13. The maximum atomic E-state index is 6.92. The molecule has 12 aromatic rings. The summed E-state index contributed by atoms with van der Waals surface area (Å²) < 4.78 is 6.92. The van der Waals surface area contributed by atoms with Gasteiger partial charge in [-0.3, -0.25) is 4.99 Å². The summed E-state index contributed by atoms with van der Waals surface area (Å²) in [7, 11) is 0. The molecule has 0 fully saturated rings. The van der Waals surface area contributed by atoms with E-state index in [-0.39, 0.29) is 6.04 Å². The summed E-state index contributed by atoms with van der Waals surface area (Å²) in [5.41, 5.74) is 22.6. The quantitative estimate of drug-likeness (QED) is 0.0891. The Morgan fingerprint density at radius 3 is 1.44 bits per heavy atom. The summed E-state index contributed by atoms with van der Waals surface area (Å²) in [6.45, 7) is 2.12. The first-order chi connectivity index (χ1) is 34.5. The number of hydrogen-bond acceptors (Lipinski definition) is 2. The maximum Gasteiger partial charge on any atom is 0.157 e. The minimum Gasteiger partial charge on any atom is -0.455 e. The number of fused-ring (bicyclic) bond motifs is 8. The molecule has 11 aromatic carbocycles. The van der Waals surface area contributed by atoms with Gasteiger partial charge in [-0.15, -0.1) is 0 Å². The molecule has 4 heteroatoms. The van der Waals surface area contributed by atoms with Crippen molar-refractivity contribution in [2.75, 3.05) is 0 Å². The number of nitrogens with two attached hydrogens (primary N) is 1. The summed E-state index contributed by atoms with van der Waals surface area (Å²) in [4.78, 5) is 10.3. The Hall–Kier alpha value is -9.12. The Bertz CT molecular complexity index is 3940. The number of para-hydroxylation sites is 1. The van der Waals surface area contributed by atoms with Crippen molar-refractivity contribution in [1.29, 1.82) is 0 Å². The van der Waals surface area contributed by atoms with Gasteiger partial charge in [0, 0.05) is 32.8 Å². The third kappa shape index (κ3) is 8.01. The average Bonchev–Trinajstić information content (AvgIpc) is 3.84. The summed E-state index contributed by atoms with van der Waals surface area (Å²) >= 11 is 0. The lowest BCUT2D eigenvalue weighted by atomic mass is 9.94. The van der Waals surface area contributed by atoms with Crippen LogP contribution in [0, 0.1) is 0 Å². The molecule has 1 unspecified atom stereocenters. The molecular formula is C66H47N3O. The van der Waals surface area contributed by atoms with Gasteiger partial charge in [0.05, 0.1) is 6.04 Å². The molecule has 1 heterocycles. The Kier molecular flexibility index (Phi) is 11.0. The molecule has 4 nitrogen and oxygen atoms in total. The van der Waals surface area contributed by atoms with E-state index in [9.17, 15) is 0 Å². The normalized spacial score (nSPS) is 12.5. The second-order valence-electron chi connectivity index (χ2n) is 17.9. The molecule has 332 valence electrons. The van der Waals surface area contributed by atoms with Crippen LogP contribution in [0.1, 0.15) is 29.7 Å². The molecule has 0 bridgehead atoms. The van der Waals surface area contributed by atoms with Crippen LogP contribution < -0.4 is 5.73 Å². The van der Waals surface area contributed by atoms with E-state index in [1.54, 1.807) is 0 Å². The van der Waals surface area contributed by atoms with Crippen LogP contribution >= 0.6 is 0 Å². The Morgan fingerprint density at radius 1 is 0.371 bits per heavy atom. The van der Waals surface area contributed by atoms with Crippen molar-refractivity contribution in [3.63, 3.8) is 0 Å². The van der Waals surface area contributed by atoms with E-state index in [4.69, 9.17) is 20.1 Å². The van der Waals surface area contributed by atoms with Gasteiger partial charge >= 0.3 is 0 Å². The maximum absolute atomic E-state index is 6.92. The second-order valence-corrected chi connectivity index (χ2v) is 17.9. The number of furan rings is 1. The van der Waals surface area contributed by atoms with Gasteiger partial charge in [-0.25, -0.2) is 4.99 Å². The molecule has 12 rings (SSSR count). The van der Waals surface area contributed by atoms with E-state index in [2.05, 4.69) is 219 Å². The molecule has 0 saturated carbocycles. The van der Waals surface area contributed by atoms with Crippen LogP contribution in [-0.4, -0.2) is 11.7 Å². The third-order valence-corrected chi connectivity index (χ3v) is 13.5. The van der Waals surface area contributed by atoms with Crippen molar-refractivity contribution in [1.82, 2.24) is 0 Å². The van der Waals surface area contributed by atoms with E-state index in [1.165, 1.54) is 16.2 Å². The highest BCUT2D eigenvalue weighted by Gasteiger charge is 2.19. The number of amidine groups is 2. The fourth-order valence-corrected chi connectivity index (χ4v) is 9.89. The van der Waals surface area contributed by atoms with Gasteiger partial charge in [0.15, 0.2) is 5.84 Å². The largest absolute Gasteiger partial charge is 0.455 e. The van der Waals surface area contributed by atoms with Gasteiger partial charge < -0.3 is 10.2 Å². The smallest absolute Gasteiger partial charge is 0.157 e. The number of nitrogens with zero attached hydrogens (tertiary/aromatic N) is 2. The molecule has 1 atom stereocenters. The summed E-state index contributed by atoms with van der Waals surface area (Å²) in [5.74, 6) is 0.980. The van der Waals surface area contributed by atoms with Gasteiger partial charge in [-0.2, -0.15) is 0 Å². The molecule has 0 radical (unpaired) electrons. The fourth-order valence-electron chi connectivity index (χ4n) is 9.89. The van der Waals surface area contributed by atoms with E-state index in [0.717, 1.165) is 99.6 Å². The summed E-state index contributed by atoms with van der Waals surface area (Å²) in [6.07, 6.45) is 0. The molecule has 2 N–H and O–H groups in total. The van der Waals surface area contributed by atoms with Crippen LogP contribution in [0.4, 0.5) is 0 Å². The van der Waals surface area contributed by atoms with Crippen LogP contribution in [0.5, 0.6) is 0 Å². The number of hydrogen-bond donors (Lipinski definition) is 1. The minimum atomic E-state index is -0.224. The van der Waals surface area contributed by atoms with Gasteiger partial charge in [-0.1, -0.05) is 231 Å². The van der Waals surface area contributed by atoms with E-state index >= 15 is 0 Å². The highest BCUT2D eigenvalue weighted by molar-refractivity contribution is 6.31. The van der Waals surface area contributed by atoms with Crippen molar-refractivity contribution in [2.24, 2.45) is 15.7 Å². The van der Waals surface area contributed by atoms with Gasteiger partial charge in [0.25, 0.3) is 0 Å². The first-order valence-corrected chi connectivity index (χ1v) is 23.8. The highest BCUT2D eigenvalue weighted by Crippen LogP contribution is 2.44. The fraction of sp³-hybridized carbons (Fsp3) is 0.0303. The lowest BCUT2D eigenvalue weighted by Crippen LogP contribution is -2.16.